The molecular weight excluding hydrogens is 357 g/mol. The van der Waals surface area contributed by atoms with E-state index in [2.05, 4.69) is 4.40 Å². The maximum atomic E-state index is 12.9. The smallest absolute Gasteiger partial charge is 0.285 e. The van der Waals surface area contributed by atoms with Gasteiger partial charge in [-0.25, -0.2) is 4.39 Å². The van der Waals surface area contributed by atoms with Crippen LogP contribution in [0.1, 0.15) is 0 Å². The van der Waals surface area contributed by atoms with E-state index in [4.69, 9.17) is 0 Å². The van der Waals surface area contributed by atoms with Gasteiger partial charge in [-0.05, 0) is 30.3 Å². The Morgan fingerprint density at radius 1 is 1.21 bits per heavy atom. The highest BCUT2D eigenvalue weighted by Gasteiger charge is 2.15. The van der Waals surface area contributed by atoms with Gasteiger partial charge in [0.25, 0.3) is 15.7 Å². The number of rotatable bonds is 3. The standard InChI is InChI=1S/C14H10FN3O4S2/c1-17-12-7-4-10(18(19)20)8-13(12)23-14(17)16-24(21,22)11-5-2-9(15)3-6-11/h2-8H,1H3/b16-14-. The van der Waals surface area contributed by atoms with Crippen molar-refractivity contribution in [2.75, 3.05) is 0 Å². The number of fused-ring (bicyclic) bond motifs is 1. The molecule has 1 aromatic heterocycles. The van der Waals surface area contributed by atoms with Gasteiger partial charge in [0.05, 0.1) is 20.0 Å². The fourth-order valence-corrected chi connectivity index (χ4v) is 4.37. The predicted octanol–water partition coefficient (Wildman–Crippen LogP) is 2.58. The van der Waals surface area contributed by atoms with Crippen LogP contribution in [0, 0.1) is 15.9 Å². The van der Waals surface area contributed by atoms with Crippen molar-refractivity contribution in [1.82, 2.24) is 4.57 Å². The average molecular weight is 367 g/mol. The van der Waals surface area contributed by atoms with E-state index in [1.54, 1.807) is 7.05 Å². The monoisotopic (exact) mass is 367 g/mol. The first-order chi connectivity index (χ1) is 11.3. The highest BCUT2D eigenvalue weighted by atomic mass is 32.2. The molecule has 7 nitrogen and oxygen atoms in total. The number of hydrogen-bond donors (Lipinski definition) is 0. The van der Waals surface area contributed by atoms with Crippen LogP contribution < -0.4 is 4.80 Å². The molecule has 0 N–H and O–H groups in total. The minimum atomic E-state index is -4.01. The summed E-state index contributed by atoms with van der Waals surface area (Å²) in [5, 5.41) is 10.8. The van der Waals surface area contributed by atoms with Crippen LogP contribution >= 0.6 is 11.3 Å². The van der Waals surface area contributed by atoms with Crippen molar-refractivity contribution in [3.05, 3.63) is 63.2 Å². The lowest BCUT2D eigenvalue weighted by atomic mass is 10.3. The average Bonchev–Trinajstić information content (AvgIpc) is 2.82. The molecule has 2 aromatic carbocycles. The molecule has 0 fully saturated rings. The van der Waals surface area contributed by atoms with Gasteiger partial charge < -0.3 is 4.57 Å². The number of aryl methyl sites for hydroxylation is 1. The van der Waals surface area contributed by atoms with Crippen LogP contribution in [-0.2, 0) is 17.1 Å². The second-order valence-electron chi connectivity index (χ2n) is 4.87. The van der Waals surface area contributed by atoms with Crippen LogP contribution in [-0.4, -0.2) is 17.9 Å². The third-order valence-electron chi connectivity index (χ3n) is 3.31. The number of sulfonamides is 1. The zero-order valence-corrected chi connectivity index (χ0v) is 13.8. The summed E-state index contributed by atoms with van der Waals surface area (Å²) in [6.07, 6.45) is 0. The number of thiazole rings is 1. The normalized spacial score (nSPS) is 12.7. The van der Waals surface area contributed by atoms with Crippen LogP contribution in [0.2, 0.25) is 0 Å². The molecule has 0 radical (unpaired) electrons. The summed E-state index contributed by atoms with van der Waals surface area (Å²) in [5.41, 5.74) is 0.538. The number of halogens is 1. The van der Waals surface area contributed by atoms with E-state index in [0.29, 0.717) is 10.2 Å². The van der Waals surface area contributed by atoms with Gasteiger partial charge in [0.1, 0.15) is 5.82 Å². The Balaban J connectivity index is 2.17. The van der Waals surface area contributed by atoms with E-state index in [1.807, 2.05) is 0 Å². The Bertz CT molecular complexity index is 1120. The first-order valence-corrected chi connectivity index (χ1v) is 8.84. The Morgan fingerprint density at radius 2 is 1.88 bits per heavy atom. The van der Waals surface area contributed by atoms with Crippen LogP contribution in [0.25, 0.3) is 10.2 Å². The molecule has 10 heteroatoms. The Morgan fingerprint density at radius 3 is 2.50 bits per heavy atom. The van der Waals surface area contributed by atoms with E-state index in [1.165, 1.54) is 22.8 Å². The molecule has 0 unspecified atom stereocenters. The molecule has 124 valence electrons. The third kappa shape index (κ3) is 2.93. The molecule has 24 heavy (non-hydrogen) atoms. The van der Waals surface area contributed by atoms with E-state index in [-0.39, 0.29) is 15.4 Å². The number of aromatic nitrogens is 1. The van der Waals surface area contributed by atoms with Crippen LogP contribution in [0.15, 0.2) is 51.8 Å². The molecule has 0 saturated heterocycles. The topological polar surface area (TPSA) is 94.6 Å². The summed E-state index contributed by atoms with van der Waals surface area (Å²) in [5.74, 6) is -0.548. The first kappa shape index (κ1) is 16.3. The maximum absolute atomic E-state index is 12.9. The van der Waals surface area contributed by atoms with Crippen molar-refractivity contribution in [3.8, 4) is 0 Å². The zero-order chi connectivity index (χ0) is 17.5. The van der Waals surface area contributed by atoms with Crippen molar-refractivity contribution >= 4 is 37.3 Å². The Kier molecular flexibility index (Phi) is 3.93. The SMILES string of the molecule is Cn1/c(=N/S(=O)(=O)c2ccc(F)cc2)sc2cc([N+](=O)[O-])ccc21. The second kappa shape index (κ2) is 5.80. The van der Waals surface area contributed by atoms with Gasteiger partial charge in [0.2, 0.25) is 4.80 Å². The summed E-state index contributed by atoms with van der Waals surface area (Å²) in [4.78, 5) is 10.3. The Labute approximate surface area is 139 Å². The van der Waals surface area contributed by atoms with Crippen molar-refractivity contribution in [2.24, 2.45) is 11.4 Å². The molecule has 0 aliphatic heterocycles. The predicted molar refractivity (Wildman–Crippen MR) is 86.6 cm³/mol. The van der Waals surface area contributed by atoms with E-state index < -0.39 is 20.8 Å². The fraction of sp³-hybridized carbons (Fsp3) is 0.0714. The largest absolute Gasteiger partial charge is 0.319 e. The van der Waals surface area contributed by atoms with Crippen molar-refractivity contribution in [1.29, 1.82) is 0 Å². The van der Waals surface area contributed by atoms with Gasteiger partial charge in [-0.15, -0.1) is 4.40 Å². The van der Waals surface area contributed by atoms with Crippen molar-refractivity contribution in [3.63, 3.8) is 0 Å². The number of benzene rings is 2. The summed E-state index contributed by atoms with van der Waals surface area (Å²) in [6.45, 7) is 0. The van der Waals surface area contributed by atoms with Gasteiger partial charge in [0, 0.05) is 19.2 Å². The lowest BCUT2D eigenvalue weighted by molar-refractivity contribution is -0.384. The molecule has 3 aromatic rings. The zero-order valence-electron chi connectivity index (χ0n) is 12.2. The summed E-state index contributed by atoms with van der Waals surface area (Å²) >= 11 is 1.02. The van der Waals surface area contributed by atoms with Gasteiger partial charge in [0.15, 0.2) is 0 Å². The lowest BCUT2D eigenvalue weighted by Crippen LogP contribution is -2.13. The molecule has 0 aliphatic rings. The van der Waals surface area contributed by atoms with Gasteiger partial charge in [-0.1, -0.05) is 11.3 Å². The van der Waals surface area contributed by atoms with Crippen molar-refractivity contribution < 1.29 is 17.7 Å². The number of non-ortho nitro benzene ring substituents is 1. The maximum Gasteiger partial charge on any atom is 0.285 e. The quantitative estimate of drug-likeness (QED) is 0.525. The number of nitro groups is 1. The summed E-state index contributed by atoms with van der Waals surface area (Å²) < 4.78 is 43.4. The fourth-order valence-electron chi connectivity index (χ4n) is 2.09. The number of nitro benzene ring substituents is 1. The molecule has 0 amide bonds. The van der Waals surface area contributed by atoms with E-state index in [0.717, 1.165) is 35.6 Å². The van der Waals surface area contributed by atoms with Gasteiger partial charge >= 0.3 is 0 Å². The minimum absolute atomic E-state index is 0.0858. The first-order valence-electron chi connectivity index (χ1n) is 6.58. The molecule has 0 atom stereocenters. The molecule has 0 saturated carbocycles. The van der Waals surface area contributed by atoms with Crippen LogP contribution in [0.3, 0.4) is 0 Å². The van der Waals surface area contributed by atoms with E-state index >= 15 is 0 Å². The minimum Gasteiger partial charge on any atom is -0.319 e. The number of nitrogens with zero attached hydrogens (tertiary/aromatic N) is 3. The lowest BCUT2D eigenvalue weighted by Gasteiger charge is -1.98. The van der Waals surface area contributed by atoms with Crippen LogP contribution in [0.4, 0.5) is 10.1 Å². The highest BCUT2D eigenvalue weighted by Crippen LogP contribution is 2.23. The molecule has 0 spiro atoms. The third-order valence-corrected chi connectivity index (χ3v) is 5.80. The van der Waals surface area contributed by atoms with Gasteiger partial charge in [-0.3, -0.25) is 10.1 Å². The summed E-state index contributed by atoms with van der Waals surface area (Å²) in [7, 11) is -2.40. The molecular formula is C14H10FN3O4S2. The molecule has 3 rings (SSSR count). The summed E-state index contributed by atoms with van der Waals surface area (Å²) in [6, 6.07) is 8.58. The highest BCUT2D eigenvalue weighted by molar-refractivity contribution is 7.90. The Hall–Kier alpha value is -2.59. The molecule has 0 aliphatic carbocycles. The second-order valence-corrected chi connectivity index (χ2v) is 7.49. The van der Waals surface area contributed by atoms with Crippen molar-refractivity contribution in [2.45, 2.75) is 4.90 Å². The molecule has 0 bridgehead atoms. The molecule has 1 heterocycles. The van der Waals surface area contributed by atoms with Crippen LogP contribution in [0.5, 0.6) is 0 Å². The van der Waals surface area contributed by atoms with E-state index in [9.17, 15) is 22.9 Å². The number of hydrogen-bond acceptors (Lipinski definition) is 5. The van der Waals surface area contributed by atoms with Gasteiger partial charge in [-0.2, -0.15) is 8.42 Å².